The standard InChI is InChI=1S/C8H15N4O5P.2Na/c9-7-1-2-12(8(14)11-7)4-6(13)3-10-5-18(15,16)17;;/h1-2,6,10,13H,3-5H2,(H2,9,11,14)(H2,15,16,17);;/q;2*+1/p-2. The Kier molecular flexibility index (Phi) is 12.1. The largest absolute Gasteiger partial charge is 1.00 e. The monoisotopic (exact) mass is 322 g/mol. The molecule has 0 amide bonds. The van der Waals surface area contributed by atoms with Crippen LogP contribution in [0.5, 0.6) is 0 Å². The first kappa shape index (κ1) is 23.0. The SMILES string of the molecule is Nc1ccn(CC(O)CNCP(=O)([O-])[O-])c(=O)n1.[Na+].[Na+]. The number of nitrogens with one attached hydrogen (secondary N) is 1. The van der Waals surface area contributed by atoms with Gasteiger partial charge in [-0.2, -0.15) is 4.98 Å². The summed E-state index contributed by atoms with van der Waals surface area (Å²) >= 11 is 0. The first-order valence-corrected chi connectivity index (χ1v) is 6.73. The van der Waals surface area contributed by atoms with Crippen LogP contribution in [0.4, 0.5) is 5.82 Å². The molecule has 20 heavy (non-hydrogen) atoms. The van der Waals surface area contributed by atoms with Gasteiger partial charge in [-0.15, -0.1) is 0 Å². The van der Waals surface area contributed by atoms with Crippen LogP contribution in [0.3, 0.4) is 0 Å². The molecule has 0 saturated heterocycles. The second-order valence-electron chi connectivity index (χ2n) is 3.66. The van der Waals surface area contributed by atoms with Gasteiger partial charge in [0.15, 0.2) is 0 Å². The van der Waals surface area contributed by atoms with Gasteiger partial charge < -0.3 is 30.5 Å². The Bertz CT molecular complexity index is 508. The fourth-order valence-electron chi connectivity index (χ4n) is 1.24. The van der Waals surface area contributed by atoms with Crippen molar-refractivity contribution >= 4 is 13.4 Å². The molecule has 1 unspecified atom stereocenters. The van der Waals surface area contributed by atoms with Crippen molar-refractivity contribution in [2.45, 2.75) is 12.6 Å². The molecule has 0 radical (unpaired) electrons. The molecule has 4 N–H and O–H groups in total. The van der Waals surface area contributed by atoms with Gasteiger partial charge in [0.2, 0.25) is 0 Å². The van der Waals surface area contributed by atoms with E-state index in [9.17, 15) is 24.3 Å². The summed E-state index contributed by atoms with van der Waals surface area (Å²) in [5.74, 6) is 0.0718. The maximum Gasteiger partial charge on any atom is 1.00 e. The van der Waals surface area contributed by atoms with Gasteiger partial charge in [0.1, 0.15) is 5.82 Å². The molecular formula is C8H13N4Na2O5P. The number of hydrogen-bond donors (Lipinski definition) is 3. The van der Waals surface area contributed by atoms with E-state index in [-0.39, 0.29) is 78.0 Å². The number of nitrogens with zero attached hydrogens (tertiary/aromatic N) is 2. The van der Waals surface area contributed by atoms with Crippen molar-refractivity contribution in [1.29, 1.82) is 0 Å². The Morgan fingerprint density at radius 3 is 2.60 bits per heavy atom. The number of aromatic nitrogens is 2. The zero-order chi connectivity index (χ0) is 13.8. The summed E-state index contributed by atoms with van der Waals surface area (Å²) in [5.41, 5.74) is 4.67. The molecule has 0 aliphatic carbocycles. The second-order valence-corrected chi connectivity index (χ2v) is 5.20. The molecule has 1 atom stereocenters. The molecule has 0 fully saturated rings. The predicted molar refractivity (Wildman–Crippen MR) is 59.4 cm³/mol. The number of aliphatic hydroxyl groups excluding tert-OH is 1. The van der Waals surface area contributed by atoms with Crippen LogP contribution in [0.2, 0.25) is 0 Å². The van der Waals surface area contributed by atoms with Crippen LogP contribution in [0.25, 0.3) is 0 Å². The van der Waals surface area contributed by atoms with Crippen LogP contribution in [0.15, 0.2) is 17.1 Å². The van der Waals surface area contributed by atoms with E-state index < -0.39 is 25.7 Å². The smallest absolute Gasteiger partial charge is 0.810 e. The number of anilines is 1. The minimum Gasteiger partial charge on any atom is -0.810 e. The van der Waals surface area contributed by atoms with Crippen molar-refractivity contribution in [3.8, 4) is 0 Å². The average molecular weight is 322 g/mol. The summed E-state index contributed by atoms with van der Waals surface area (Å²) < 4.78 is 11.4. The van der Waals surface area contributed by atoms with Crippen LogP contribution < -0.4 is 85.6 Å². The summed E-state index contributed by atoms with van der Waals surface area (Å²) in [4.78, 5) is 35.4. The van der Waals surface area contributed by atoms with E-state index >= 15 is 0 Å². The van der Waals surface area contributed by atoms with Crippen LogP contribution in [-0.4, -0.2) is 33.6 Å². The third-order valence-electron chi connectivity index (χ3n) is 1.99. The van der Waals surface area contributed by atoms with Gasteiger partial charge in [-0.05, 0) is 6.07 Å². The fourth-order valence-corrected chi connectivity index (χ4v) is 1.64. The normalized spacial score (nSPS) is 12.2. The molecule has 102 valence electrons. The van der Waals surface area contributed by atoms with E-state index in [1.165, 1.54) is 12.3 Å². The fraction of sp³-hybridized carbons (Fsp3) is 0.500. The minimum absolute atomic E-state index is 0. The third-order valence-corrected chi connectivity index (χ3v) is 2.60. The van der Waals surface area contributed by atoms with Gasteiger partial charge >= 0.3 is 64.8 Å². The van der Waals surface area contributed by atoms with Gasteiger partial charge in [-0.1, -0.05) is 7.60 Å². The van der Waals surface area contributed by atoms with Crippen molar-refractivity contribution < 1.29 is 78.6 Å². The van der Waals surface area contributed by atoms with Crippen molar-refractivity contribution in [2.24, 2.45) is 0 Å². The van der Waals surface area contributed by atoms with Crippen LogP contribution in [0.1, 0.15) is 0 Å². The summed E-state index contributed by atoms with van der Waals surface area (Å²) in [6, 6.07) is 1.39. The Balaban J connectivity index is 0. The zero-order valence-electron chi connectivity index (χ0n) is 11.4. The Morgan fingerprint density at radius 2 is 2.10 bits per heavy atom. The van der Waals surface area contributed by atoms with Crippen molar-refractivity contribution in [3.05, 3.63) is 22.7 Å². The van der Waals surface area contributed by atoms with Crippen LogP contribution >= 0.6 is 7.60 Å². The van der Waals surface area contributed by atoms with Gasteiger partial charge in [0, 0.05) is 19.0 Å². The summed E-state index contributed by atoms with van der Waals surface area (Å²) in [6.45, 7) is -0.216. The molecular weight excluding hydrogens is 309 g/mol. The minimum atomic E-state index is -4.64. The van der Waals surface area contributed by atoms with Gasteiger partial charge in [0.25, 0.3) is 0 Å². The third kappa shape index (κ3) is 9.64. The Morgan fingerprint density at radius 1 is 1.50 bits per heavy atom. The molecule has 0 aromatic carbocycles. The van der Waals surface area contributed by atoms with Crippen LogP contribution in [-0.2, 0) is 11.1 Å². The molecule has 1 rings (SSSR count). The first-order valence-electron chi connectivity index (χ1n) is 5.01. The second kappa shape index (κ2) is 10.5. The topological polar surface area (TPSA) is 156 Å². The maximum absolute atomic E-state index is 11.3. The molecule has 12 heteroatoms. The van der Waals surface area contributed by atoms with Crippen molar-refractivity contribution in [2.75, 3.05) is 18.6 Å². The van der Waals surface area contributed by atoms with Gasteiger partial charge in [-0.25, -0.2) is 4.79 Å². The molecule has 0 saturated carbocycles. The summed E-state index contributed by atoms with van der Waals surface area (Å²) in [7, 11) is -4.64. The Hall–Kier alpha value is 0.750. The van der Waals surface area contributed by atoms with E-state index in [1.54, 1.807) is 0 Å². The molecule has 0 aliphatic heterocycles. The van der Waals surface area contributed by atoms with Gasteiger partial charge in [0.05, 0.1) is 12.6 Å². The zero-order valence-corrected chi connectivity index (χ0v) is 16.2. The number of aliphatic hydroxyl groups is 1. The number of nitrogens with two attached hydrogens (primary N) is 1. The Labute approximate surface area is 159 Å². The van der Waals surface area contributed by atoms with E-state index in [1.807, 2.05) is 0 Å². The molecule has 1 aromatic rings. The summed E-state index contributed by atoms with van der Waals surface area (Å²) in [6.07, 6.45) is -0.418. The van der Waals surface area contributed by atoms with E-state index in [4.69, 9.17) is 5.73 Å². The average Bonchev–Trinajstić information content (AvgIpc) is 2.20. The predicted octanol–water partition coefficient (Wildman–Crippen LogP) is -9.34. The van der Waals surface area contributed by atoms with E-state index in [2.05, 4.69) is 10.3 Å². The molecule has 0 bridgehead atoms. The maximum atomic E-state index is 11.3. The van der Waals surface area contributed by atoms with Crippen molar-refractivity contribution in [3.63, 3.8) is 0 Å². The quantitative estimate of drug-likeness (QED) is 0.344. The molecule has 9 nitrogen and oxygen atoms in total. The molecule has 0 aliphatic rings. The van der Waals surface area contributed by atoms with E-state index in [0.717, 1.165) is 4.57 Å². The molecule has 0 spiro atoms. The van der Waals surface area contributed by atoms with Gasteiger partial charge in [-0.3, -0.25) is 4.57 Å². The number of nitrogen functional groups attached to an aromatic ring is 1. The summed E-state index contributed by atoms with van der Waals surface area (Å²) in [5, 5.41) is 11.8. The molecule has 1 aromatic heterocycles. The van der Waals surface area contributed by atoms with E-state index in [0.29, 0.717) is 0 Å². The van der Waals surface area contributed by atoms with Crippen molar-refractivity contribution in [1.82, 2.24) is 14.9 Å². The molecule has 1 heterocycles. The number of hydrogen-bond acceptors (Lipinski definition) is 8. The first-order chi connectivity index (χ1) is 8.28. The number of rotatable bonds is 6. The van der Waals surface area contributed by atoms with Crippen LogP contribution in [0, 0.1) is 0 Å².